The molecule has 0 aliphatic carbocycles. The molecule has 0 saturated carbocycles. The summed E-state index contributed by atoms with van der Waals surface area (Å²) in [5, 5.41) is 46.5. The van der Waals surface area contributed by atoms with Crippen LogP contribution >= 0.6 is 0 Å². The Balaban J connectivity index is -0.000000366. The van der Waals surface area contributed by atoms with Crippen molar-refractivity contribution in [3.8, 4) is 0 Å². The first-order valence-electron chi connectivity index (χ1n) is 4.24. The number of hydrogen-bond donors (Lipinski definition) is 2. The molecule has 0 atom stereocenters. The zero-order valence-electron chi connectivity index (χ0n) is 9.40. The third kappa shape index (κ3) is 12.7. The average Bonchev–Trinajstić information content (AvgIpc) is 2.15. The number of hydrogen-bond acceptors (Lipinski definition) is 8. The SMILES string of the molecule is C=CC(=O)O.O=C([O-])CC(O)(CC(=O)[O-])C(=O)[O-].[Bi+3]. The molecule has 0 spiro atoms. The van der Waals surface area contributed by atoms with E-state index in [4.69, 9.17) is 10.2 Å². The fraction of sp³-hybridized carbons (Fsp3) is 0.333. The van der Waals surface area contributed by atoms with Crippen LogP contribution in [-0.2, 0) is 19.2 Å². The maximum Gasteiger partial charge on any atom is 3.00 e. The van der Waals surface area contributed by atoms with Crippen molar-refractivity contribution in [2.45, 2.75) is 18.4 Å². The van der Waals surface area contributed by atoms with Gasteiger partial charge in [0.15, 0.2) is 0 Å². The second kappa shape index (κ2) is 10.4. The van der Waals surface area contributed by atoms with Crippen molar-refractivity contribution in [3.63, 3.8) is 0 Å². The van der Waals surface area contributed by atoms with Crippen molar-refractivity contribution in [2.75, 3.05) is 0 Å². The Morgan fingerprint density at radius 3 is 1.42 bits per heavy atom. The van der Waals surface area contributed by atoms with Crippen molar-refractivity contribution < 1.29 is 44.7 Å². The van der Waals surface area contributed by atoms with E-state index in [9.17, 15) is 34.5 Å². The summed E-state index contributed by atoms with van der Waals surface area (Å²) in [5.41, 5.74) is -2.97. The molecule has 19 heavy (non-hydrogen) atoms. The van der Waals surface area contributed by atoms with Crippen LogP contribution in [-0.4, -0.2) is 65.9 Å². The van der Waals surface area contributed by atoms with Gasteiger partial charge in [0, 0.05) is 30.9 Å². The molecule has 0 rings (SSSR count). The van der Waals surface area contributed by atoms with E-state index in [1.54, 1.807) is 0 Å². The molecule has 0 heterocycles. The number of aliphatic carboxylic acids is 4. The van der Waals surface area contributed by atoms with Crippen molar-refractivity contribution in [3.05, 3.63) is 12.7 Å². The van der Waals surface area contributed by atoms with Gasteiger partial charge in [0.2, 0.25) is 0 Å². The summed E-state index contributed by atoms with van der Waals surface area (Å²) >= 11 is 0. The molecule has 9 nitrogen and oxygen atoms in total. The van der Waals surface area contributed by atoms with E-state index < -0.39 is 42.3 Å². The van der Waals surface area contributed by atoms with E-state index in [2.05, 4.69) is 6.58 Å². The van der Waals surface area contributed by atoms with Gasteiger partial charge >= 0.3 is 32.2 Å². The quantitative estimate of drug-likeness (QED) is 0.283. The molecule has 0 bridgehead atoms. The van der Waals surface area contributed by atoms with Crippen LogP contribution in [0.15, 0.2) is 12.7 Å². The van der Waals surface area contributed by atoms with Gasteiger partial charge in [-0.25, -0.2) is 4.79 Å². The van der Waals surface area contributed by atoms with Gasteiger partial charge in [-0.05, 0) is 0 Å². The predicted octanol–water partition coefficient (Wildman–Crippen LogP) is -5.38. The number of carboxylic acid groups (broad SMARTS) is 4. The predicted molar refractivity (Wildman–Crippen MR) is 52.8 cm³/mol. The fourth-order valence-corrected chi connectivity index (χ4v) is 0.684. The monoisotopic (exact) mass is 470 g/mol. The second-order valence-electron chi connectivity index (χ2n) is 2.96. The van der Waals surface area contributed by atoms with Crippen LogP contribution in [0.25, 0.3) is 0 Å². The van der Waals surface area contributed by atoms with Gasteiger partial charge in [0.05, 0.1) is 5.97 Å². The first-order valence-corrected chi connectivity index (χ1v) is 4.24. The summed E-state index contributed by atoms with van der Waals surface area (Å²) in [6.45, 7) is 2.96. The molecular weight excluding hydrogens is 461 g/mol. The summed E-state index contributed by atoms with van der Waals surface area (Å²) < 4.78 is 0. The topological polar surface area (TPSA) is 178 Å². The Morgan fingerprint density at radius 2 is 1.32 bits per heavy atom. The van der Waals surface area contributed by atoms with Gasteiger partial charge in [0.25, 0.3) is 0 Å². The molecule has 0 saturated heterocycles. The minimum absolute atomic E-state index is 0. The smallest absolute Gasteiger partial charge is 0.550 e. The third-order valence-corrected chi connectivity index (χ3v) is 1.43. The standard InChI is InChI=1S/C6H8O7.C3H4O2.Bi/c7-3(8)1-6(13,5(11)12)2-4(9)10;1-2-3(4)5;/h13H,1-2H2,(H,7,8)(H,9,10)(H,11,12);2H,1H2,(H,4,5);/q;;+3/p-3. The third-order valence-electron chi connectivity index (χ3n) is 1.43. The molecule has 10 heteroatoms. The van der Waals surface area contributed by atoms with E-state index in [1.807, 2.05) is 0 Å². The van der Waals surface area contributed by atoms with Gasteiger partial charge in [-0.3, -0.25) is 0 Å². The second-order valence-corrected chi connectivity index (χ2v) is 2.96. The molecule has 0 unspecified atom stereocenters. The van der Waals surface area contributed by atoms with E-state index in [0.717, 1.165) is 6.08 Å². The van der Waals surface area contributed by atoms with E-state index in [-0.39, 0.29) is 26.2 Å². The Morgan fingerprint density at radius 1 is 1.05 bits per heavy atom. The number of aliphatic hydroxyl groups is 1. The van der Waals surface area contributed by atoms with Crippen molar-refractivity contribution in [1.82, 2.24) is 0 Å². The molecule has 0 amide bonds. The van der Waals surface area contributed by atoms with Crippen LogP contribution in [0.3, 0.4) is 0 Å². The molecule has 0 fully saturated rings. The van der Waals surface area contributed by atoms with Crippen LogP contribution in [0.5, 0.6) is 0 Å². The number of rotatable bonds is 6. The molecule has 0 aromatic heterocycles. The molecular formula is C9H9BiO9. The fourth-order valence-electron chi connectivity index (χ4n) is 0.684. The van der Waals surface area contributed by atoms with E-state index in [1.165, 1.54) is 0 Å². The first kappa shape index (κ1) is 22.6. The summed E-state index contributed by atoms with van der Waals surface area (Å²) in [4.78, 5) is 39.2. The van der Waals surface area contributed by atoms with Crippen LogP contribution in [0, 0.1) is 0 Å². The number of carbonyl (C=O) groups is 4. The minimum Gasteiger partial charge on any atom is -0.550 e. The molecule has 0 aromatic rings. The van der Waals surface area contributed by atoms with Crippen LogP contribution in [0.1, 0.15) is 12.8 Å². The van der Waals surface area contributed by atoms with Crippen molar-refractivity contribution in [1.29, 1.82) is 0 Å². The summed E-state index contributed by atoms with van der Waals surface area (Å²) in [6, 6.07) is 0. The Kier molecular flexibility index (Phi) is 12.4. The first-order chi connectivity index (χ1) is 8.05. The zero-order valence-corrected chi connectivity index (χ0v) is 12.9. The Labute approximate surface area is 126 Å². The largest absolute Gasteiger partial charge is 3.00 e. The Bertz CT molecular complexity index is 347. The van der Waals surface area contributed by atoms with Gasteiger partial charge in [0.1, 0.15) is 5.60 Å². The number of carbonyl (C=O) groups excluding carboxylic acids is 3. The molecule has 2 radical (unpaired) electrons. The average molecular weight is 470 g/mol. The normalized spacial score (nSPS) is 9.11. The van der Waals surface area contributed by atoms with Crippen molar-refractivity contribution >= 4 is 50.1 Å². The number of carboxylic acids is 4. The zero-order chi connectivity index (χ0) is 14.9. The molecule has 0 aliphatic rings. The summed E-state index contributed by atoms with van der Waals surface area (Å²) in [5.74, 6) is -6.97. The van der Waals surface area contributed by atoms with Crippen LogP contribution < -0.4 is 15.3 Å². The van der Waals surface area contributed by atoms with Crippen LogP contribution in [0.2, 0.25) is 0 Å². The molecule has 0 aromatic carbocycles. The summed E-state index contributed by atoms with van der Waals surface area (Å²) in [6.07, 6.45) is -1.88. The minimum atomic E-state index is -2.97. The maximum atomic E-state index is 10.1. The molecule has 0 aliphatic heterocycles. The van der Waals surface area contributed by atoms with E-state index >= 15 is 0 Å². The van der Waals surface area contributed by atoms with Crippen molar-refractivity contribution in [2.24, 2.45) is 0 Å². The Hall–Kier alpha value is -1.54. The van der Waals surface area contributed by atoms with Gasteiger partial charge in [-0.15, -0.1) is 0 Å². The molecule has 2 N–H and O–H groups in total. The molecule has 104 valence electrons. The van der Waals surface area contributed by atoms with Gasteiger partial charge in [-0.1, -0.05) is 6.58 Å². The van der Waals surface area contributed by atoms with E-state index in [0.29, 0.717) is 0 Å². The summed E-state index contributed by atoms with van der Waals surface area (Å²) in [7, 11) is 0. The van der Waals surface area contributed by atoms with Crippen LogP contribution in [0.4, 0.5) is 0 Å². The van der Waals surface area contributed by atoms with Gasteiger partial charge in [-0.2, -0.15) is 0 Å². The maximum absolute atomic E-state index is 10.1. The van der Waals surface area contributed by atoms with Gasteiger partial charge < -0.3 is 39.9 Å².